The van der Waals surface area contributed by atoms with Crippen LogP contribution in [0, 0.1) is 13.8 Å². The summed E-state index contributed by atoms with van der Waals surface area (Å²) in [5, 5.41) is 0.652. The number of ketones is 1. The number of rotatable bonds is 2. The van der Waals surface area contributed by atoms with Gasteiger partial charge in [0, 0.05) is 42.6 Å². The number of benzene rings is 2. The third-order valence-corrected chi connectivity index (χ3v) is 7.03. The number of carbonyl (C=O) groups excluding carboxylic acids is 1. The number of piperidine rings is 1. The van der Waals surface area contributed by atoms with Gasteiger partial charge in [-0.15, -0.1) is 0 Å². The van der Waals surface area contributed by atoms with Gasteiger partial charge in [0.15, 0.2) is 5.78 Å². The Morgan fingerprint density at radius 3 is 2.55 bits per heavy atom. The molecule has 0 saturated carbocycles. The maximum absolute atomic E-state index is 13.0. The first kappa shape index (κ1) is 20.0. The van der Waals surface area contributed by atoms with E-state index in [1.54, 1.807) is 6.33 Å². The van der Waals surface area contributed by atoms with E-state index in [1.165, 1.54) is 0 Å². The molecule has 2 aliphatic heterocycles. The SMILES string of the molecule is Cc1cc2c(c(C)c1Cl)C(=O)CC1(CCN(c3cc(-c4ccccc4)ncn3)CC1)O2. The van der Waals surface area contributed by atoms with E-state index >= 15 is 0 Å². The molecule has 1 fully saturated rings. The summed E-state index contributed by atoms with van der Waals surface area (Å²) in [5.74, 6) is 1.71. The summed E-state index contributed by atoms with van der Waals surface area (Å²) >= 11 is 6.37. The highest BCUT2D eigenvalue weighted by atomic mass is 35.5. The Kier molecular flexibility index (Phi) is 4.94. The molecule has 1 saturated heterocycles. The Morgan fingerprint density at radius 2 is 1.81 bits per heavy atom. The molecule has 0 atom stereocenters. The number of fused-ring (bicyclic) bond motifs is 1. The largest absolute Gasteiger partial charge is 0.486 e. The third kappa shape index (κ3) is 3.57. The number of aromatic nitrogens is 2. The molecular formula is C25H24ClN3O2. The number of carbonyl (C=O) groups is 1. The first-order chi connectivity index (χ1) is 15.0. The predicted octanol–water partition coefficient (Wildman–Crippen LogP) is 5.42. The van der Waals surface area contributed by atoms with Crippen LogP contribution in [-0.4, -0.2) is 34.4 Å². The topological polar surface area (TPSA) is 55.3 Å². The highest BCUT2D eigenvalue weighted by molar-refractivity contribution is 6.32. The van der Waals surface area contributed by atoms with Crippen molar-refractivity contribution in [1.29, 1.82) is 0 Å². The average molecular weight is 434 g/mol. The van der Waals surface area contributed by atoms with Crippen LogP contribution in [0.2, 0.25) is 5.02 Å². The lowest BCUT2D eigenvalue weighted by atomic mass is 9.81. The van der Waals surface area contributed by atoms with Crippen molar-refractivity contribution in [2.45, 2.75) is 38.7 Å². The zero-order valence-electron chi connectivity index (χ0n) is 17.7. The average Bonchev–Trinajstić information content (AvgIpc) is 2.78. The van der Waals surface area contributed by atoms with Gasteiger partial charge in [-0.2, -0.15) is 0 Å². The third-order valence-electron chi connectivity index (χ3n) is 6.45. The van der Waals surface area contributed by atoms with Gasteiger partial charge in [0.2, 0.25) is 0 Å². The lowest BCUT2D eigenvalue weighted by Crippen LogP contribution is -2.51. The quantitative estimate of drug-likeness (QED) is 0.540. The molecule has 31 heavy (non-hydrogen) atoms. The molecule has 5 rings (SSSR count). The predicted molar refractivity (Wildman–Crippen MR) is 122 cm³/mol. The highest BCUT2D eigenvalue weighted by Crippen LogP contribution is 2.43. The molecule has 5 nitrogen and oxygen atoms in total. The Morgan fingerprint density at radius 1 is 1.06 bits per heavy atom. The number of hydrogen-bond donors (Lipinski definition) is 0. The second-order valence-corrected chi connectivity index (χ2v) is 8.88. The van der Waals surface area contributed by atoms with Crippen LogP contribution in [0.4, 0.5) is 5.82 Å². The summed E-state index contributed by atoms with van der Waals surface area (Å²) in [4.78, 5) is 24.2. The fourth-order valence-electron chi connectivity index (χ4n) is 4.71. The van der Waals surface area contributed by atoms with Gasteiger partial charge in [-0.1, -0.05) is 41.9 Å². The summed E-state index contributed by atoms with van der Waals surface area (Å²) in [5.41, 5.74) is 3.93. The van der Waals surface area contributed by atoms with E-state index in [-0.39, 0.29) is 5.78 Å². The van der Waals surface area contributed by atoms with Gasteiger partial charge in [-0.25, -0.2) is 9.97 Å². The van der Waals surface area contributed by atoms with Gasteiger partial charge in [-0.05, 0) is 31.0 Å². The van der Waals surface area contributed by atoms with E-state index in [0.717, 1.165) is 54.1 Å². The van der Waals surface area contributed by atoms with Gasteiger partial charge < -0.3 is 9.64 Å². The summed E-state index contributed by atoms with van der Waals surface area (Å²) in [6, 6.07) is 14.0. The van der Waals surface area contributed by atoms with Crippen molar-refractivity contribution >= 4 is 23.2 Å². The Hall–Kier alpha value is -2.92. The summed E-state index contributed by atoms with van der Waals surface area (Å²) in [7, 11) is 0. The molecule has 0 bridgehead atoms. The van der Waals surface area contributed by atoms with E-state index in [2.05, 4.69) is 14.9 Å². The van der Waals surface area contributed by atoms with Crippen LogP contribution in [0.25, 0.3) is 11.3 Å². The van der Waals surface area contributed by atoms with Crippen LogP contribution >= 0.6 is 11.6 Å². The van der Waals surface area contributed by atoms with Crippen LogP contribution in [0.3, 0.4) is 0 Å². The Bertz CT molecular complexity index is 1150. The fraction of sp³-hybridized carbons (Fsp3) is 0.320. The summed E-state index contributed by atoms with van der Waals surface area (Å²) < 4.78 is 6.49. The van der Waals surface area contributed by atoms with Crippen LogP contribution < -0.4 is 9.64 Å². The molecule has 3 heterocycles. The minimum absolute atomic E-state index is 0.127. The number of halogens is 1. The van der Waals surface area contributed by atoms with Crippen LogP contribution in [0.1, 0.15) is 40.7 Å². The molecule has 0 radical (unpaired) electrons. The number of anilines is 1. The zero-order valence-corrected chi connectivity index (χ0v) is 18.4. The number of aryl methyl sites for hydroxylation is 1. The molecule has 0 amide bonds. The normalized spacial score (nSPS) is 17.4. The minimum Gasteiger partial charge on any atom is -0.486 e. The molecule has 1 aromatic heterocycles. The van der Waals surface area contributed by atoms with Crippen molar-refractivity contribution in [3.05, 3.63) is 70.5 Å². The summed E-state index contributed by atoms with van der Waals surface area (Å²) in [6.07, 6.45) is 3.55. The number of Topliss-reactive ketones (excluding diaryl/α,β-unsaturated/α-hetero) is 1. The molecular weight excluding hydrogens is 410 g/mol. The van der Waals surface area contributed by atoms with Crippen molar-refractivity contribution in [2.75, 3.05) is 18.0 Å². The van der Waals surface area contributed by atoms with Gasteiger partial charge >= 0.3 is 0 Å². The second-order valence-electron chi connectivity index (χ2n) is 8.51. The van der Waals surface area contributed by atoms with E-state index < -0.39 is 5.60 Å². The molecule has 2 aromatic carbocycles. The monoisotopic (exact) mass is 433 g/mol. The number of ether oxygens (including phenoxy) is 1. The van der Waals surface area contributed by atoms with Gasteiger partial charge in [0.1, 0.15) is 23.5 Å². The second kappa shape index (κ2) is 7.65. The Balaban J connectivity index is 1.36. The Labute approximate surface area is 187 Å². The number of nitrogens with zero attached hydrogens (tertiary/aromatic N) is 3. The lowest BCUT2D eigenvalue weighted by Gasteiger charge is -2.44. The molecule has 0 aliphatic carbocycles. The first-order valence-electron chi connectivity index (χ1n) is 10.6. The van der Waals surface area contributed by atoms with Crippen molar-refractivity contribution < 1.29 is 9.53 Å². The minimum atomic E-state index is -0.456. The molecule has 2 aliphatic rings. The summed E-state index contributed by atoms with van der Waals surface area (Å²) in [6.45, 7) is 5.40. The van der Waals surface area contributed by atoms with Gasteiger partial charge in [0.25, 0.3) is 0 Å². The molecule has 1 spiro atoms. The van der Waals surface area contributed by atoms with E-state index in [4.69, 9.17) is 16.3 Å². The molecule has 6 heteroatoms. The van der Waals surface area contributed by atoms with Gasteiger partial charge in [-0.3, -0.25) is 4.79 Å². The maximum atomic E-state index is 13.0. The van der Waals surface area contributed by atoms with E-state index in [1.807, 2.05) is 56.3 Å². The smallest absolute Gasteiger partial charge is 0.170 e. The van der Waals surface area contributed by atoms with Crippen molar-refractivity contribution in [3.63, 3.8) is 0 Å². The molecule has 0 N–H and O–H groups in total. The highest BCUT2D eigenvalue weighted by Gasteiger charge is 2.44. The fourth-order valence-corrected chi connectivity index (χ4v) is 4.86. The number of hydrogen-bond acceptors (Lipinski definition) is 5. The van der Waals surface area contributed by atoms with Crippen LogP contribution in [0.5, 0.6) is 5.75 Å². The zero-order chi connectivity index (χ0) is 21.6. The van der Waals surface area contributed by atoms with Crippen LogP contribution in [-0.2, 0) is 0 Å². The van der Waals surface area contributed by atoms with E-state index in [9.17, 15) is 4.79 Å². The van der Waals surface area contributed by atoms with Crippen molar-refractivity contribution in [2.24, 2.45) is 0 Å². The van der Waals surface area contributed by atoms with Crippen molar-refractivity contribution in [3.8, 4) is 17.0 Å². The molecule has 0 unspecified atom stereocenters. The van der Waals surface area contributed by atoms with Crippen molar-refractivity contribution in [1.82, 2.24) is 9.97 Å². The molecule has 3 aromatic rings. The first-order valence-corrected chi connectivity index (χ1v) is 11.0. The lowest BCUT2D eigenvalue weighted by molar-refractivity contribution is 0.0229. The molecule has 158 valence electrons. The van der Waals surface area contributed by atoms with E-state index in [0.29, 0.717) is 22.8 Å². The van der Waals surface area contributed by atoms with Gasteiger partial charge in [0.05, 0.1) is 17.7 Å². The van der Waals surface area contributed by atoms with Crippen LogP contribution in [0.15, 0.2) is 48.8 Å². The maximum Gasteiger partial charge on any atom is 0.170 e. The standard InChI is InChI=1S/C25H24ClN3O2/c1-16-12-21-23(17(2)24(16)26)20(30)14-25(31-21)8-10-29(11-9-25)22-13-19(27-15-28-22)18-6-4-3-5-7-18/h3-7,12-13,15H,8-11,14H2,1-2H3.